The monoisotopic (exact) mass is 418 g/mol. The van der Waals surface area contributed by atoms with Crippen LogP contribution in [0.2, 0.25) is 0 Å². The van der Waals surface area contributed by atoms with Crippen LogP contribution in [-0.4, -0.2) is 22.5 Å². The van der Waals surface area contributed by atoms with Gasteiger partial charge in [-0.1, -0.05) is 67.7 Å². The zero-order valence-corrected chi connectivity index (χ0v) is 16.3. The van der Waals surface area contributed by atoms with Gasteiger partial charge >= 0.3 is 12.1 Å². The van der Waals surface area contributed by atoms with Gasteiger partial charge in [-0.2, -0.15) is 8.78 Å². The molecule has 0 amide bonds. The lowest BCUT2D eigenvalue weighted by Gasteiger charge is -2.21. The third-order valence-electron chi connectivity index (χ3n) is 3.38. The molecule has 0 radical (unpaired) electrons. The molecule has 0 heterocycles. The van der Waals surface area contributed by atoms with Gasteiger partial charge < -0.3 is 4.74 Å². The molecule has 0 aliphatic carbocycles. The molecule has 142 valence electrons. The van der Waals surface area contributed by atoms with Gasteiger partial charge in [0.25, 0.3) is 3.79 Å². The van der Waals surface area contributed by atoms with Crippen LogP contribution in [-0.2, 0) is 33.8 Å². The highest BCUT2D eigenvalue weighted by Crippen LogP contribution is 2.43. The Balaban J connectivity index is 2.76. The third-order valence-corrected chi connectivity index (χ3v) is 4.04. The first kappa shape index (κ1) is 22.2. The molecule has 0 aromatic heterocycles. The molecule has 0 atom stereocenters. The number of aryl methyl sites for hydroxylation is 3. The second-order valence-electron chi connectivity index (χ2n) is 5.15. The van der Waals surface area contributed by atoms with Gasteiger partial charge in [0.15, 0.2) is 6.61 Å². The SMILES string of the molecule is CCc1cc(CC)c(OCC(=O)OOC(F)(F)C(Cl)(Cl)Cl)c(CC)c1. The van der Waals surface area contributed by atoms with Crippen LogP contribution >= 0.6 is 34.8 Å². The fourth-order valence-corrected chi connectivity index (χ4v) is 2.14. The largest absolute Gasteiger partial charge is 0.481 e. The molecule has 0 spiro atoms. The zero-order chi connectivity index (χ0) is 19.3. The van der Waals surface area contributed by atoms with Gasteiger partial charge in [-0.05, 0) is 36.0 Å². The highest BCUT2D eigenvalue weighted by Gasteiger charge is 2.54. The average Bonchev–Trinajstić information content (AvgIpc) is 2.56. The lowest BCUT2D eigenvalue weighted by atomic mass is 9.99. The number of hydrogen-bond donors (Lipinski definition) is 0. The molecule has 0 fully saturated rings. The minimum atomic E-state index is -4.29. The Morgan fingerprint density at radius 3 is 1.96 bits per heavy atom. The van der Waals surface area contributed by atoms with E-state index in [-0.39, 0.29) is 0 Å². The molecule has 9 heteroatoms. The summed E-state index contributed by atoms with van der Waals surface area (Å²) in [5, 5.41) is 0. The quantitative estimate of drug-likeness (QED) is 0.330. The molecule has 25 heavy (non-hydrogen) atoms. The molecule has 0 saturated carbocycles. The fraction of sp³-hybridized carbons (Fsp3) is 0.562. The van der Waals surface area contributed by atoms with Gasteiger partial charge in [-0.25, -0.2) is 4.79 Å². The summed E-state index contributed by atoms with van der Waals surface area (Å²) in [4.78, 5) is 19.2. The molecule has 1 aromatic carbocycles. The number of ether oxygens (including phenoxy) is 1. The van der Waals surface area contributed by atoms with Crippen molar-refractivity contribution < 1.29 is 28.1 Å². The predicted octanol–water partition coefficient (Wildman–Crippen LogP) is 5.19. The molecule has 1 rings (SSSR count). The summed E-state index contributed by atoms with van der Waals surface area (Å²) in [6.07, 6.45) is -2.05. The second kappa shape index (κ2) is 9.21. The van der Waals surface area contributed by atoms with E-state index in [2.05, 4.69) is 9.78 Å². The first-order valence-corrected chi connectivity index (χ1v) is 8.79. The molecule has 0 aliphatic heterocycles. The van der Waals surface area contributed by atoms with Crippen LogP contribution in [0.25, 0.3) is 0 Å². The molecule has 0 bridgehead atoms. The third kappa shape index (κ3) is 6.13. The van der Waals surface area contributed by atoms with Gasteiger partial charge in [0.2, 0.25) is 0 Å². The number of hydrogen-bond acceptors (Lipinski definition) is 4. The van der Waals surface area contributed by atoms with Crippen LogP contribution in [0.15, 0.2) is 12.1 Å². The maximum Gasteiger partial charge on any atom is 0.437 e. The molecule has 0 unspecified atom stereocenters. The van der Waals surface area contributed by atoms with Crippen LogP contribution in [0.5, 0.6) is 5.75 Å². The van der Waals surface area contributed by atoms with Gasteiger partial charge in [-0.15, -0.1) is 4.89 Å². The zero-order valence-electron chi connectivity index (χ0n) is 14.0. The van der Waals surface area contributed by atoms with Gasteiger partial charge in [-0.3, -0.25) is 4.89 Å². The first-order valence-electron chi connectivity index (χ1n) is 7.66. The molecule has 0 aliphatic rings. The summed E-state index contributed by atoms with van der Waals surface area (Å²) in [6.45, 7) is 5.31. The summed E-state index contributed by atoms with van der Waals surface area (Å²) >= 11 is 15.1. The van der Waals surface area contributed by atoms with E-state index >= 15 is 0 Å². The molecular weight excluding hydrogens is 401 g/mol. The number of rotatable bonds is 8. The number of halogens is 5. The Bertz CT molecular complexity index is 579. The van der Waals surface area contributed by atoms with E-state index in [1.165, 1.54) is 0 Å². The molecule has 0 saturated heterocycles. The Kier molecular flexibility index (Phi) is 8.19. The number of carbonyl (C=O) groups excluding carboxylic acids is 1. The Labute approximate surface area is 160 Å². The van der Waals surface area contributed by atoms with Crippen molar-refractivity contribution in [1.82, 2.24) is 0 Å². The van der Waals surface area contributed by atoms with E-state index in [0.29, 0.717) is 18.6 Å². The van der Waals surface area contributed by atoms with E-state index in [4.69, 9.17) is 39.5 Å². The average molecular weight is 420 g/mol. The minimum absolute atomic E-state index is 0.535. The van der Waals surface area contributed by atoms with Crippen molar-refractivity contribution >= 4 is 40.8 Å². The van der Waals surface area contributed by atoms with Crippen molar-refractivity contribution in [3.05, 3.63) is 28.8 Å². The lowest BCUT2D eigenvalue weighted by Crippen LogP contribution is -2.37. The van der Waals surface area contributed by atoms with Gasteiger partial charge in [0.05, 0.1) is 0 Å². The van der Waals surface area contributed by atoms with Crippen LogP contribution in [0, 0.1) is 0 Å². The highest BCUT2D eigenvalue weighted by atomic mass is 35.6. The number of alkyl halides is 5. The summed E-state index contributed by atoms with van der Waals surface area (Å²) < 4.78 is 28.9. The van der Waals surface area contributed by atoms with E-state index in [1.807, 2.05) is 32.9 Å². The van der Waals surface area contributed by atoms with Crippen LogP contribution in [0.3, 0.4) is 0 Å². The summed E-state index contributed by atoms with van der Waals surface area (Å²) in [6, 6.07) is 3.96. The van der Waals surface area contributed by atoms with Gasteiger partial charge in [0.1, 0.15) is 5.75 Å². The Hall–Kier alpha value is -0.820. The van der Waals surface area contributed by atoms with E-state index < -0.39 is 22.5 Å². The molecule has 4 nitrogen and oxygen atoms in total. The summed E-state index contributed by atoms with van der Waals surface area (Å²) in [5.74, 6) is -0.648. The summed E-state index contributed by atoms with van der Waals surface area (Å²) in [7, 11) is 0. The van der Waals surface area contributed by atoms with Crippen LogP contribution in [0.1, 0.15) is 37.5 Å². The van der Waals surface area contributed by atoms with Crippen molar-refractivity contribution in [1.29, 1.82) is 0 Å². The van der Waals surface area contributed by atoms with Crippen LogP contribution in [0.4, 0.5) is 8.78 Å². The van der Waals surface area contributed by atoms with E-state index in [1.54, 1.807) is 0 Å². The normalized spacial score (nSPS) is 12.2. The standard InChI is InChI=1S/C16H19Cl3F2O4/c1-4-10-7-11(5-2)14(12(6-3)8-10)23-9-13(22)24-25-16(20,21)15(17,18)19/h7-8H,4-6,9H2,1-3H3. The van der Waals surface area contributed by atoms with E-state index in [9.17, 15) is 13.6 Å². The topological polar surface area (TPSA) is 44.8 Å². The smallest absolute Gasteiger partial charge is 0.437 e. The Morgan fingerprint density at radius 2 is 1.56 bits per heavy atom. The highest BCUT2D eigenvalue weighted by molar-refractivity contribution is 6.68. The van der Waals surface area contributed by atoms with Crippen molar-refractivity contribution in [2.24, 2.45) is 0 Å². The van der Waals surface area contributed by atoms with Crippen LogP contribution < -0.4 is 4.74 Å². The molecule has 1 aromatic rings. The van der Waals surface area contributed by atoms with Crippen molar-refractivity contribution in [3.8, 4) is 5.75 Å². The van der Waals surface area contributed by atoms with Crippen molar-refractivity contribution in [3.63, 3.8) is 0 Å². The molecule has 0 N–H and O–H groups in total. The maximum atomic E-state index is 13.2. The second-order valence-corrected chi connectivity index (χ2v) is 7.43. The Morgan fingerprint density at radius 1 is 1.04 bits per heavy atom. The number of carbonyl (C=O) groups is 1. The summed E-state index contributed by atoms with van der Waals surface area (Å²) in [5.41, 5.74) is 2.97. The maximum absolute atomic E-state index is 13.2. The van der Waals surface area contributed by atoms with Gasteiger partial charge in [0, 0.05) is 0 Å². The number of benzene rings is 1. The fourth-order valence-electron chi connectivity index (χ4n) is 2.04. The predicted molar refractivity (Wildman–Crippen MR) is 92.5 cm³/mol. The van der Waals surface area contributed by atoms with E-state index in [0.717, 1.165) is 23.1 Å². The minimum Gasteiger partial charge on any atom is -0.481 e. The van der Waals surface area contributed by atoms with Crippen molar-refractivity contribution in [2.75, 3.05) is 6.61 Å². The lowest BCUT2D eigenvalue weighted by molar-refractivity contribution is -0.412. The first-order chi connectivity index (χ1) is 11.6. The van der Waals surface area contributed by atoms with Crippen molar-refractivity contribution in [2.45, 2.75) is 49.9 Å². The molecular formula is C16H19Cl3F2O4.